The maximum absolute atomic E-state index is 12.0. The number of aromatic amines is 1. The summed E-state index contributed by atoms with van der Waals surface area (Å²) in [5, 5.41) is 0. The number of imidazole rings is 1. The van der Waals surface area contributed by atoms with E-state index in [4.69, 9.17) is 18.0 Å². The summed E-state index contributed by atoms with van der Waals surface area (Å²) in [5.74, 6) is 0.545. The van der Waals surface area contributed by atoms with Crippen molar-refractivity contribution in [1.82, 2.24) is 14.7 Å². The van der Waals surface area contributed by atoms with Crippen molar-refractivity contribution in [3.05, 3.63) is 48.0 Å². The molecule has 0 unspecified atom stereocenters. The van der Waals surface area contributed by atoms with Crippen LogP contribution in [0.5, 0.6) is 0 Å². The summed E-state index contributed by atoms with van der Waals surface area (Å²) in [6, 6.07) is 6.06. The molecule has 2 aromatic rings. The summed E-state index contributed by atoms with van der Waals surface area (Å²) in [6.07, 6.45) is 3.18. The monoisotopic (exact) mass is 296 g/mol. The van der Waals surface area contributed by atoms with Gasteiger partial charge in [0.25, 0.3) is 0 Å². The van der Waals surface area contributed by atoms with E-state index in [0.717, 1.165) is 0 Å². The normalized spacial score (nSPS) is 11.4. The number of benzene rings is 1. The summed E-state index contributed by atoms with van der Waals surface area (Å²) >= 11 is 4.80. The maximum Gasteiger partial charge on any atom is 0.240 e. The molecule has 100 valence electrons. The van der Waals surface area contributed by atoms with Crippen LogP contribution in [-0.4, -0.2) is 23.4 Å². The Morgan fingerprint density at radius 3 is 2.58 bits per heavy atom. The van der Waals surface area contributed by atoms with Gasteiger partial charge in [-0.05, 0) is 12.1 Å². The van der Waals surface area contributed by atoms with Crippen molar-refractivity contribution in [1.29, 1.82) is 0 Å². The van der Waals surface area contributed by atoms with Gasteiger partial charge < -0.3 is 10.7 Å². The molecule has 0 saturated carbocycles. The molecule has 4 N–H and O–H groups in total. The number of nitrogens with one attached hydrogen (secondary N) is 2. The summed E-state index contributed by atoms with van der Waals surface area (Å²) in [5.41, 5.74) is 6.07. The van der Waals surface area contributed by atoms with Crippen molar-refractivity contribution in [2.24, 2.45) is 5.73 Å². The fourth-order valence-corrected chi connectivity index (χ4v) is 2.56. The van der Waals surface area contributed by atoms with E-state index in [-0.39, 0.29) is 16.4 Å². The highest BCUT2D eigenvalue weighted by molar-refractivity contribution is 7.89. The first kappa shape index (κ1) is 13.7. The lowest BCUT2D eigenvalue weighted by Gasteiger charge is -2.06. The Morgan fingerprint density at radius 1 is 1.37 bits per heavy atom. The standard InChI is InChI=1S/C11H12N4O2S2/c12-11(18)8-1-3-9(4-2-8)19(16,17)15-7-10-13-5-6-14-10/h1-6,15H,7H2,(H2,12,18)(H,13,14). The highest BCUT2D eigenvalue weighted by atomic mass is 32.2. The third kappa shape index (κ3) is 3.37. The quantitative estimate of drug-likeness (QED) is 0.698. The van der Waals surface area contributed by atoms with Gasteiger partial charge in [0.1, 0.15) is 10.8 Å². The highest BCUT2D eigenvalue weighted by Gasteiger charge is 2.14. The molecule has 0 spiro atoms. The molecular weight excluding hydrogens is 284 g/mol. The smallest absolute Gasteiger partial charge is 0.240 e. The zero-order valence-electron chi connectivity index (χ0n) is 9.83. The van der Waals surface area contributed by atoms with Crippen molar-refractivity contribution in [3.63, 3.8) is 0 Å². The Bertz CT molecular complexity index is 663. The van der Waals surface area contributed by atoms with Crippen LogP contribution in [0.3, 0.4) is 0 Å². The van der Waals surface area contributed by atoms with Crippen LogP contribution < -0.4 is 10.5 Å². The second-order valence-electron chi connectivity index (χ2n) is 3.75. The highest BCUT2D eigenvalue weighted by Crippen LogP contribution is 2.10. The Balaban J connectivity index is 2.13. The third-order valence-corrected chi connectivity index (χ3v) is 4.09. The first-order valence-corrected chi connectivity index (χ1v) is 7.26. The van der Waals surface area contributed by atoms with Crippen LogP contribution in [0.25, 0.3) is 0 Å². The van der Waals surface area contributed by atoms with E-state index < -0.39 is 10.0 Å². The molecule has 0 amide bonds. The largest absolute Gasteiger partial charge is 0.389 e. The lowest BCUT2D eigenvalue weighted by molar-refractivity contribution is 0.579. The predicted octanol–water partition coefficient (Wildman–Crippen LogP) is 0.522. The number of nitrogens with zero attached hydrogens (tertiary/aromatic N) is 1. The molecule has 19 heavy (non-hydrogen) atoms. The van der Waals surface area contributed by atoms with Crippen molar-refractivity contribution < 1.29 is 8.42 Å². The van der Waals surface area contributed by atoms with Gasteiger partial charge in [0.2, 0.25) is 10.0 Å². The van der Waals surface area contributed by atoms with Crippen molar-refractivity contribution in [2.45, 2.75) is 11.4 Å². The fourth-order valence-electron chi connectivity index (χ4n) is 1.44. The lowest BCUT2D eigenvalue weighted by atomic mass is 10.2. The molecule has 0 aliphatic heterocycles. The van der Waals surface area contributed by atoms with E-state index in [9.17, 15) is 8.42 Å². The molecule has 1 aromatic carbocycles. The predicted molar refractivity (Wildman–Crippen MR) is 74.9 cm³/mol. The van der Waals surface area contributed by atoms with Gasteiger partial charge in [-0.1, -0.05) is 24.4 Å². The van der Waals surface area contributed by atoms with Gasteiger partial charge in [-0.2, -0.15) is 0 Å². The maximum atomic E-state index is 12.0. The summed E-state index contributed by atoms with van der Waals surface area (Å²) in [6.45, 7) is 0.104. The molecule has 2 rings (SSSR count). The molecule has 0 fully saturated rings. The lowest BCUT2D eigenvalue weighted by Crippen LogP contribution is -2.24. The van der Waals surface area contributed by atoms with E-state index in [1.807, 2.05) is 0 Å². The summed E-state index contributed by atoms with van der Waals surface area (Å²) in [4.78, 5) is 7.13. The summed E-state index contributed by atoms with van der Waals surface area (Å²) in [7, 11) is -3.57. The molecule has 0 radical (unpaired) electrons. The van der Waals surface area contributed by atoms with Crippen LogP contribution in [0, 0.1) is 0 Å². The van der Waals surface area contributed by atoms with Crippen LogP contribution >= 0.6 is 12.2 Å². The van der Waals surface area contributed by atoms with Gasteiger partial charge in [0.05, 0.1) is 11.4 Å². The number of H-pyrrole nitrogens is 1. The second kappa shape index (κ2) is 5.47. The molecular formula is C11H12N4O2S2. The van der Waals surface area contributed by atoms with Gasteiger partial charge in [-0.3, -0.25) is 0 Å². The summed E-state index contributed by atoms with van der Waals surface area (Å²) < 4.78 is 26.4. The molecule has 1 heterocycles. The van der Waals surface area contributed by atoms with Crippen molar-refractivity contribution in [2.75, 3.05) is 0 Å². The van der Waals surface area contributed by atoms with Gasteiger partial charge in [-0.25, -0.2) is 18.1 Å². The number of aromatic nitrogens is 2. The number of hydrogen-bond donors (Lipinski definition) is 3. The first-order valence-electron chi connectivity index (χ1n) is 5.37. The Hall–Kier alpha value is -1.77. The van der Waals surface area contributed by atoms with E-state index in [0.29, 0.717) is 11.4 Å². The van der Waals surface area contributed by atoms with E-state index in [1.165, 1.54) is 12.1 Å². The van der Waals surface area contributed by atoms with Gasteiger partial charge in [0.15, 0.2) is 0 Å². The van der Waals surface area contributed by atoms with Crippen LogP contribution in [0.15, 0.2) is 41.6 Å². The number of hydrogen-bond acceptors (Lipinski definition) is 4. The first-order chi connectivity index (χ1) is 8.99. The Morgan fingerprint density at radius 2 is 2.05 bits per heavy atom. The van der Waals surface area contributed by atoms with E-state index in [1.54, 1.807) is 24.5 Å². The van der Waals surface area contributed by atoms with Crippen molar-refractivity contribution >= 4 is 27.2 Å². The molecule has 6 nitrogen and oxygen atoms in total. The van der Waals surface area contributed by atoms with Crippen molar-refractivity contribution in [3.8, 4) is 0 Å². The number of sulfonamides is 1. The fraction of sp³-hybridized carbons (Fsp3) is 0.0909. The van der Waals surface area contributed by atoms with Gasteiger partial charge >= 0.3 is 0 Å². The van der Waals surface area contributed by atoms with Gasteiger partial charge in [-0.15, -0.1) is 0 Å². The number of thiocarbonyl (C=S) groups is 1. The minimum atomic E-state index is -3.57. The van der Waals surface area contributed by atoms with Crippen LogP contribution in [0.2, 0.25) is 0 Å². The van der Waals surface area contributed by atoms with E-state index >= 15 is 0 Å². The molecule has 0 aliphatic rings. The number of rotatable bonds is 5. The van der Waals surface area contributed by atoms with Crippen LogP contribution in [0.4, 0.5) is 0 Å². The average molecular weight is 296 g/mol. The van der Waals surface area contributed by atoms with Crippen LogP contribution in [0.1, 0.15) is 11.4 Å². The Labute approximate surface area is 116 Å². The third-order valence-electron chi connectivity index (χ3n) is 2.43. The zero-order valence-corrected chi connectivity index (χ0v) is 11.5. The average Bonchev–Trinajstić information content (AvgIpc) is 2.90. The van der Waals surface area contributed by atoms with Gasteiger partial charge in [0, 0.05) is 18.0 Å². The molecule has 0 bridgehead atoms. The topological polar surface area (TPSA) is 101 Å². The Kier molecular flexibility index (Phi) is 3.93. The van der Waals surface area contributed by atoms with E-state index in [2.05, 4.69) is 14.7 Å². The minimum absolute atomic E-state index is 0.104. The molecule has 0 saturated heterocycles. The molecule has 1 aromatic heterocycles. The SMILES string of the molecule is NC(=S)c1ccc(S(=O)(=O)NCc2ncc[nH]2)cc1. The zero-order chi connectivity index (χ0) is 13.9. The van der Waals surface area contributed by atoms with Crippen LogP contribution in [-0.2, 0) is 16.6 Å². The minimum Gasteiger partial charge on any atom is -0.389 e. The molecule has 0 aliphatic carbocycles. The number of nitrogens with two attached hydrogens (primary N) is 1. The second-order valence-corrected chi connectivity index (χ2v) is 5.96. The molecule has 8 heteroatoms. The molecule has 0 atom stereocenters.